The van der Waals surface area contributed by atoms with E-state index < -0.39 is 6.10 Å². The van der Waals surface area contributed by atoms with Gasteiger partial charge in [0, 0.05) is 16.5 Å². The second-order valence-electron chi connectivity index (χ2n) is 5.17. The van der Waals surface area contributed by atoms with Gasteiger partial charge in [-0.25, -0.2) is 0 Å². The molecule has 19 heavy (non-hydrogen) atoms. The third-order valence-electron chi connectivity index (χ3n) is 3.42. The van der Waals surface area contributed by atoms with Crippen LogP contribution in [0.15, 0.2) is 16.6 Å². The van der Waals surface area contributed by atoms with Gasteiger partial charge in [-0.15, -0.1) is 0 Å². The molecule has 0 spiro atoms. The van der Waals surface area contributed by atoms with E-state index in [0.29, 0.717) is 6.42 Å². The van der Waals surface area contributed by atoms with Gasteiger partial charge in [0.05, 0.1) is 19.3 Å². The van der Waals surface area contributed by atoms with Gasteiger partial charge in [-0.05, 0) is 44.7 Å². The van der Waals surface area contributed by atoms with Crippen LogP contribution >= 0.6 is 15.9 Å². The highest BCUT2D eigenvalue weighted by Gasteiger charge is 2.21. The van der Waals surface area contributed by atoms with Gasteiger partial charge in [0.15, 0.2) is 11.5 Å². The van der Waals surface area contributed by atoms with Crippen molar-refractivity contribution in [1.82, 2.24) is 0 Å². The summed E-state index contributed by atoms with van der Waals surface area (Å²) in [5.74, 6) is 1.52. The first-order valence-electron chi connectivity index (χ1n) is 6.81. The third kappa shape index (κ3) is 3.86. The highest BCUT2D eigenvalue weighted by molar-refractivity contribution is 9.10. The van der Waals surface area contributed by atoms with E-state index in [-0.39, 0.29) is 6.10 Å². The molecule has 1 unspecified atom stereocenters. The van der Waals surface area contributed by atoms with Crippen LogP contribution in [0.5, 0.6) is 11.5 Å². The maximum atomic E-state index is 9.63. The maximum absolute atomic E-state index is 9.63. The average molecular weight is 329 g/mol. The zero-order valence-corrected chi connectivity index (χ0v) is 13.1. The summed E-state index contributed by atoms with van der Waals surface area (Å²) in [6.45, 7) is 1.78. The fraction of sp³-hybridized carbons (Fsp3) is 0.600. The fourth-order valence-electron chi connectivity index (χ4n) is 2.55. The van der Waals surface area contributed by atoms with Crippen molar-refractivity contribution in [3.8, 4) is 11.5 Å². The van der Waals surface area contributed by atoms with Crippen molar-refractivity contribution < 1.29 is 14.6 Å². The Morgan fingerprint density at radius 3 is 2.63 bits per heavy atom. The van der Waals surface area contributed by atoms with Crippen LogP contribution in [0.25, 0.3) is 0 Å². The smallest absolute Gasteiger partial charge is 0.164 e. The Kier molecular flexibility index (Phi) is 5.11. The minimum Gasteiger partial charge on any atom is -0.493 e. The van der Waals surface area contributed by atoms with Crippen LogP contribution in [-0.4, -0.2) is 24.4 Å². The first-order chi connectivity index (χ1) is 9.10. The second kappa shape index (κ2) is 6.62. The number of benzene rings is 1. The summed E-state index contributed by atoms with van der Waals surface area (Å²) in [4.78, 5) is 0. The van der Waals surface area contributed by atoms with Crippen molar-refractivity contribution in [3.05, 3.63) is 22.2 Å². The van der Waals surface area contributed by atoms with Crippen molar-refractivity contribution >= 4 is 15.9 Å². The molecule has 1 fully saturated rings. The van der Waals surface area contributed by atoms with Gasteiger partial charge in [0.25, 0.3) is 0 Å². The molecule has 0 aromatic heterocycles. The highest BCUT2D eigenvalue weighted by atomic mass is 79.9. The Labute approximate surface area is 123 Å². The number of ether oxygens (including phenoxy) is 2. The Morgan fingerprint density at radius 1 is 1.37 bits per heavy atom. The zero-order valence-electron chi connectivity index (χ0n) is 11.5. The lowest BCUT2D eigenvalue weighted by Gasteiger charge is -2.20. The van der Waals surface area contributed by atoms with Crippen molar-refractivity contribution in [2.45, 2.75) is 51.2 Å². The quantitative estimate of drug-likeness (QED) is 0.895. The molecule has 1 atom stereocenters. The molecule has 2 rings (SSSR count). The lowest BCUT2D eigenvalue weighted by atomic mass is 10.1. The van der Waals surface area contributed by atoms with E-state index in [0.717, 1.165) is 34.4 Å². The van der Waals surface area contributed by atoms with Crippen LogP contribution in [0.1, 0.15) is 38.2 Å². The first-order valence-corrected chi connectivity index (χ1v) is 7.60. The summed E-state index contributed by atoms with van der Waals surface area (Å²) in [7, 11) is 1.65. The van der Waals surface area contributed by atoms with Crippen molar-refractivity contribution in [1.29, 1.82) is 0 Å². The lowest BCUT2D eigenvalue weighted by molar-refractivity contribution is 0.181. The topological polar surface area (TPSA) is 38.7 Å². The van der Waals surface area contributed by atoms with Crippen LogP contribution < -0.4 is 9.47 Å². The molecule has 1 aliphatic carbocycles. The number of methoxy groups -OCH3 is 1. The molecule has 0 saturated heterocycles. The third-order valence-corrected chi connectivity index (χ3v) is 3.88. The Balaban J connectivity index is 2.29. The lowest BCUT2D eigenvalue weighted by Crippen LogP contribution is -2.15. The highest BCUT2D eigenvalue weighted by Crippen LogP contribution is 2.38. The Morgan fingerprint density at radius 2 is 2.05 bits per heavy atom. The van der Waals surface area contributed by atoms with Crippen LogP contribution in [-0.2, 0) is 6.42 Å². The largest absolute Gasteiger partial charge is 0.493 e. The van der Waals surface area contributed by atoms with Crippen molar-refractivity contribution in [2.24, 2.45) is 0 Å². The van der Waals surface area contributed by atoms with Crippen LogP contribution in [0.4, 0.5) is 0 Å². The van der Waals surface area contributed by atoms with Gasteiger partial charge in [-0.3, -0.25) is 0 Å². The molecule has 1 saturated carbocycles. The first kappa shape index (κ1) is 14.7. The molecule has 106 valence electrons. The summed E-state index contributed by atoms with van der Waals surface area (Å²) in [5, 5.41) is 9.63. The van der Waals surface area contributed by atoms with E-state index >= 15 is 0 Å². The standard InChI is InChI=1S/C15H21BrO3/c1-10(17)7-11-8-12(16)9-14(18-2)15(11)19-13-5-3-4-6-13/h8-10,13,17H,3-7H2,1-2H3. The van der Waals surface area contributed by atoms with E-state index in [1.54, 1.807) is 14.0 Å². The number of aliphatic hydroxyl groups is 1. The molecular formula is C15H21BrO3. The van der Waals surface area contributed by atoms with E-state index in [1.165, 1.54) is 12.8 Å². The minimum atomic E-state index is -0.398. The van der Waals surface area contributed by atoms with E-state index in [1.807, 2.05) is 12.1 Å². The number of hydrogen-bond acceptors (Lipinski definition) is 3. The average Bonchev–Trinajstić information content (AvgIpc) is 2.84. The van der Waals surface area contributed by atoms with Gasteiger partial charge >= 0.3 is 0 Å². The molecule has 0 radical (unpaired) electrons. The summed E-state index contributed by atoms with van der Waals surface area (Å²) < 4.78 is 12.5. The van der Waals surface area contributed by atoms with E-state index in [2.05, 4.69) is 15.9 Å². The van der Waals surface area contributed by atoms with Crippen LogP contribution in [0, 0.1) is 0 Å². The van der Waals surface area contributed by atoms with Gasteiger partial charge in [0.1, 0.15) is 0 Å². The molecule has 1 aromatic carbocycles. The fourth-order valence-corrected chi connectivity index (χ4v) is 3.04. The van der Waals surface area contributed by atoms with E-state index in [4.69, 9.17) is 9.47 Å². The summed E-state index contributed by atoms with van der Waals surface area (Å²) >= 11 is 3.47. The number of rotatable bonds is 5. The predicted octanol–water partition coefficient (Wildman–Crippen LogP) is 3.70. The van der Waals surface area contributed by atoms with E-state index in [9.17, 15) is 5.11 Å². The maximum Gasteiger partial charge on any atom is 0.164 e. The molecule has 1 N–H and O–H groups in total. The molecule has 4 heteroatoms. The number of aliphatic hydroxyl groups excluding tert-OH is 1. The second-order valence-corrected chi connectivity index (χ2v) is 6.09. The van der Waals surface area contributed by atoms with Gasteiger partial charge in [-0.1, -0.05) is 15.9 Å². The molecule has 1 aliphatic rings. The molecular weight excluding hydrogens is 308 g/mol. The van der Waals surface area contributed by atoms with Gasteiger partial charge in [-0.2, -0.15) is 0 Å². The molecule has 3 nitrogen and oxygen atoms in total. The molecule has 0 aliphatic heterocycles. The number of halogens is 1. The number of hydrogen-bond donors (Lipinski definition) is 1. The van der Waals surface area contributed by atoms with Gasteiger partial charge < -0.3 is 14.6 Å². The Bertz CT molecular complexity index is 426. The van der Waals surface area contributed by atoms with Crippen LogP contribution in [0.2, 0.25) is 0 Å². The summed E-state index contributed by atoms with van der Waals surface area (Å²) in [6, 6.07) is 3.91. The Hall–Kier alpha value is -0.740. The SMILES string of the molecule is COc1cc(Br)cc(CC(C)O)c1OC1CCCC1. The zero-order chi connectivity index (χ0) is 13.8. The molecule has 0 bridgehead atoms. The van der Waals surface area contributed by atoms with Crippen molar-refractivity contribution in [2.75, 3.05) is 7.11 Å². The predicted molar refractivity (Wildman–Crippen MR) is 79.0 cm³/mol. The minimum absolute atomic E-state index is 0.280. The molecule has 0 amide bonds. The summed E-state index contributed by atoms with van der Waals surface area (Å²) in [5.41, 5.74) is 0.994. The molecule has 0 heterocycles. The normalized spacial score (nSPS) is 17.5. The summed E-state index contributed by atoms with van der Waals surface area (Å²) in [6.07, 6.45) is 5.12. The monoisotopic (exact) mass is 328 g/mol. The molecule has 1 aromatic rings. The van der Waals surface area contributed by atoms with Gasteiger partial charge in [0.2, 0.25) is 0 Å². The van der Waals surface area contributed by atoms with Crippen LogP contribution in [0.3, 0.4) is 0 Å². The van der Waals surface area contributed by atoms with Crippen molar-refractivity contribution in [3.63, 3.8) is 0 Å².